The van der Waals surface area contributed by atoms with Crippen molar-refractivity contribution in [3.8, 4) is 11.5 Å². The smallest absolute Gasteiger partial charge is 0.270 e. The van der Waals surface area contributed by atoms with Gasteiger partial charge in [-0.25, -0.2) is 0 Å². The van der Waals surface area contributed by atoms with Gasteiger partial charge in [-0.2, -0.15) is 0 Å². The van der Waals surface area contributed by atoms with E-state index >= 15 is 0 Å². The van der Waals surface area contributed by atoms with E-state index in [9.17, 15) is 15.2 Å². The molecule has 1 N–H and O–H groups in total. The molecule has 6 nitrogen and oxygen atoms in total. The van der Waals surface area contributed by atoms with Gasteiger partial charge in [-0.05, 0) is 29.3 Å². The Labute approximate surface area is 156 Å². The van der Waals surface area contributed by atoms with Crippen LogP contribution in [0.15, 0.2) is 77.8 Å². The summed E-state index contributed by atoms with van der Waals surface area (Å²) in [7, 11) is 1.60. The predicted molar refractivity (Wildman–Crippen MR) is 104 cm³/mol. The van der Waals surface area contributed by atoms with Crippen molar-refractivity contribution >= 4 is 11.9 Å². The summed E-state index contributed by atoms with van der Waals surface area (Å²) in [5.74, 6) is 0.678. The fourth-order valence-corrected chi connectivity index (χ4v) is 2.70. The molecule has 6 heteroatoms. The molecule has 0 bridgehead atoms. The van der Waals surface area contributed by atoms with E-state index in [0.717, 1.165) is 16.9 Å². The summed E-state index contributed by atoms with van der Waals surface area (Å²) >= 11 is 0. The van der Waals surface area contributed by atoms with Crippen LogP contribution in [0.25, 0.3) is 0 Å². The predicted octanol–water partition coefficient (Wildman–Crippen LogP) is 4.52. The SMILES string of the molecule is COc1ccc([C@@H](N=Cc2cc([N+](=O)[O-])ccc2O)c2ccccc2)cc1. The van der Waals surface area contributed by atoms with Crippen molar-refractivity contribution in [2.24, 2.45) is 4.99 Å². The van der Waals surface area contributed by atoms with E-state index in [4.69, 9.17) is 4.74 Å². The first kappa shape index (κ1) is 18.1. The monoisotopic (exact) mass is 362 g/mol. The molecule has 0 radical (unpaired) electrons. The Balaban J connectivity index is 2.00. The van der Waals surface area contributed by atoms with Crippen molar-refractivity contribution in [1.29, 1.82) is 0 Å². The van der Waals surface area contributed by atoms with Gasteiger partial charge in [0.05, 0.1) is 18.1 Å². The molecular formula is C21H18N2O4. The van der Waals surface area contributed by atoms with Crippen LogP contribution in [0.3, 0.4) is 0 Å². The molecule has 27 heavy (non-hydrogen) atoms. The fourth-order valence-electron chi connectivity index (χ4n) is 2.70. The zero-order chi connectivity index (χ0) is 19.2. The lowest BCUT2D eigenvalue weighted by molar-refractivity contribution is -0.384. The number of hydrogen-bond donors (Lipinski definition) is 1. The van der Waals surface area contributed by atoms with Crippen LogP contribution in [-0.2, 0) is 0 Å². The Bertz CT molecular complexity index is 954. The third kappa shape index (κ3) is 4.30. The summed E-state index contributed by atoms with van der Waals surface area (Å²) in [4.78, 5) is 15.1. The summed E-state index contributed by atoms with van der Waals surface area (Å²) in [5, 5.41) is 21.0. The number of benzene rings is 3. The van der Waals surface area contributed by atoms with Gasteiger partial charge in [-0.15, -0.1) is 0 Å². The van der Waals surface area contributed by atoms with Gasteiger partial charge in [-0.3, -0.25) is 15.1 Å². The van der Waals surface area contributed by atoms with Gasteiger partial charge >= 0.3 is 0 Å². The van der Waals surface area contributed by atoms with Gasteiger partial charge in [0.1, 0.15) is 11.5 Å². The van der Waals surface area contributed by atoms with Crippen molar-refractivity contribution in [2.45, 2.75) is 6.04 Å². The van der Waals surface area contributed by atoms with Crippen LogP contribution in [0.4, 0.5) is 5.69 Å². The van der Waals surface area contributed by atoms with Crippen LogP contribution in [0.1, 0.15) is 22.7 Å². The number of nitrogens with zero attached hydrogens (tertiary/aromatic N) is 2. The van der Waals surface area contributed by atoms with E-state index in [1.54, 1.807) is 7.11 Å². The largest absolute Gasteiger partial charge is 0.507 e. The molecule has 136 valence electrons. The second kappa shape index (κ2) is 8.14. The summed E-state index contributed by atoms with van der Waals surface area (Å²) in [6.45, 7) is 0. The Morgan fingerprint density at radius 3 is 2.33 bits per heavy atom. The molecule has 0 spiro atoms. The maximum atomic E-state index is 11.0. The van der Waals surface area contributed by atoms with Crippen LogP contribution in [0.2, 0.25) is 0 Å². The summed E-state index contributed by atoms with van der Waals surface area (Å²) < 4.78 is 5.20. The topological polar surface area (TPSA) is 85.0 Å². The van der Waals surface area contributed by atoms with E-state index < -0.39 is 4.92 Å². The van der Waals surface area contributed by atoms with Gasteiger partial charge in [-0.1, -0.05) is 42.5 Å². The van der Waals surface area contributed by atoms with Crippen molar-refractivity contribution < 1.29 is 14.8 Å². The van der Waals surface area contributed by atoms with Crippen LogP contribution < -0.4 is 4.74 Å². The van der Waals surface area contributed by atoms with Crippen LogP contribution in [0.5, 0.6) is 11.5 Å². The van der Waals surface area contributed by atoms with Crippen molar-refractivity contribution in [2.75, 3.05) is 7.11 Å². The van der Waals surface area contributed by atoms with E-state index in [0.29, 0.717) is 5.56 Å². The molecule has 0 saturated carbocycles. The lowest BCUT2D eigenvalue weighted by Gasteiger charge is -2.14. The minimum absolute atomic E-state index is 0.0640. The number of nitro benzene ring substituents is 1. The quantitative estimate of drug-likeness (QED) is 0.397. The van der Waals surface area contributed by atoms with Gasteiger partial charge in [0.25, 0.3) is 5.69 Å². The number of non-ortho nitro benzene ring substituents is 1. The average molecular weight is 362 g/mol. The Kier molecular flexibility index (Phi) is 5.47. The fraction of sp³-hybridized carbons (Fsp3) is 0.0952. The van der Waals surface area contributed by atoms with E-state index in [1.165, 1.54) is 24.4 Å². The lowest BCUT2D eigenvalue weighted by atomic mass is 9.99. The number of aliphatic imine (C=N–C) groups is 1. The molecule has 0 aliphatic carbocycles. The third-order valence-electron chi connectivity index (χ3n) is 4.13. The van der Waals surface area contributed by atoms with E-state index in [-0.39, 0.29) is 17.5 Å². The highest BCUT2D eigenvalue weighted by Gasteiger charge is 2.14. The standard InChI is InChI=1S/C21H18N2O4/c1-27-19-10-7-16(8-11-19)21(15-5-3-2-4-6-15)22-14-17-13-18(23(25)26)9-12-20(17)24/h2-14,21,24H,1H3/t21-/m0/s1. The van der Waals surface area contributed by atoms with Crippen molar-refractivity contribution in [3.63, 3.8) is 0 Å². The zero-order valence-corrected chi connectivity index (χ0v) is 14.6. The van der Waals surface area contributed by atoms with Crippen LogP contribution >= 0.6 is 0 Å². The molecule has 3 aromatic rings. The highest BCUT2D eigenvalue weighted by molar-refractivity contribution is 5.84. The average Bonchev–Trinajstić information content (AvgIpc) is 2.70. The Hall–Kier alpha value is -3.67. The molecular weight excluding hydrogens is 344 g/mol. The van der Waals surface area contributed by atoms with E-state index in [1.807, 2.05) is 54.6 Å². The molecule has 0 heterocycles. The van der Waals surface area contributed by atoms with E-state index in [2.05, 4.69) is 4.99 Å². The van der Waals surface area contributed by atoms with Crippen LogP contribution in [-0.4, -0.2) is 23.4 Å². The van der Waals surface area contributed by atoms with Gasteiger partial charge < -0.3 is 9.84 Å². The molecule has 0 saturated heterocycles. The Morgan fingerprint density at radius 1 is 1.04 bits per heavy atom. The summed E-state index contributed by atoms with van der Waals surface area (Å²) in [6.07, 6.45) is 1.46. The second-order valence-electron chi connectivity index (χ2n) is 5.86. The summed E-state index contributed by atoms with van der Waals surface area (Å²) in [6, 6.07) is 20.8. The first-order valence-corrected chi connectivity index (χ1v) is 8.28. The highest BCUT2D eigenvalue weighted by Crippen LogP contribution is 2.28. The van der Waals surface area contributed by atoms with Gasteiger partial charge in [0.15, 0.2) is 0 Å². The molecule has 0 fully saturated rings. The maximum Gasteiger partial charge on any atom is 0.270 e. The number of hydrogen-bond acceptors (Lipinski definition) is 5. The first-order chi connectivity index (χ1) is 13.1. The molecule has 0 aliphatic heterocycles. The van der Waals surface area contributed by atoms with Crippen molar-refractivity contribution in [1.82, 2.24) is 0 Å². The number of nitro groups is 1. The normalized spacial score (nSPS) is 12.0. The van der Waals surface area contributed by atoms with Crippen molar-refractivity contribution in [3.05, 3.63) is 99.6 Å². The molecule has 0 amide bonds. The maximum absolute atomic E-state index is 11.0. The number of phenols is 1. The number of rotatable bonds is 6. The second-order valence-corrected chi connectivity index (χ2v) is 5.86. The summed E-state index contributed by atoms with van der Waals surface area (Å²) in [5.41, 5.74) is 2.08. The van der Waals surface area contributed by atoms with Crippen LogP contribution in [0, 0.1) is 10.1 Å². The number of phenolic OH excluding ortho intramolecular Hbond substituents is 1. The molecule has 1 atom stereocenters. The number of aromatic hydroxyl groups is 1. The lowest BCUT2D eigenvalue weighted by Crippen LogP contribution is -1.99. The van der Waals surface area contributed by atoms with Gasteiger partial charge in [0.2, 0.25) is 0 Å². The van der Waals surface area contributed by atoms with Gasteiger partial charge in [0, 0.05) is 23.9 Å². The minimum Gasteiger partial charge on any atom is -0.507 e. The number of ether oxygens (including phenoxy) is 1. The molecule has 3 aromatic carbocycles. The highest BCUT2D eigenvalue weighted by atomic mass is 16.6. The molecule has 0 aliphatic rings. The first-order valence-electron chi connectivity index (χ1n) is 8.28. The minimum atomic E-state index is -0.505. The third-order valence-corrected chi connectivity index (χ3v) is 4.13. The Morgan fingerprint density at radius 2 is 1.70 bits per heavy atom. The number of methoxy groups -OCH3 is 1. The molecule has 3 rings (SSSR count). The molecule has 0 aromatic heterocycles. The molecule has 0 unspecified atom stereocenters. The zero-order valence-electron chi connectivity index (χ0n) is 14.6.